The molecule has 0 aliphatic heterocycles. The van der Waals surface area contributed by atoms with Gasteiger partial charge in [0.15, 0.2) is 0 Å². The summed E-state index contributed by atoms with van der Waals surface area (Å²) in [7, 11) is 0. The van der Waals surface area contributed by atoms with Crippen LogP contribution in [0.25, 0.3) is 0 Å². The number of amides is 2. The molecular formula is C8H13ClN2O2S. The zero-order valence-corrected chi connectivity index (χ0v) is 9.49. The van der Waals surface area contributed by atoms with E-state index in [4.69, 9.17) is 11.6 Å². The minimum atomic E-state index is -0.633. The molecule has 1 unspecified atom stereocenters. The van der Waals surface area contributed by atoms with Gasteiger partial charge in [0.05, 0.1) is 6.54 Å². The summed E-state index contributed by atoms with van der Waals surface area (Å²) >= 11 is 9.40. The first-order chi connectivity index (χ1) is 6.47. The van der Waals surface area contributed by atoms with Gasteiger partial charge in [0, 0.05) is 17.7 Å². The maximum absolute atomic E-state index is 11.3. The predicted molar refractivity (Wildman–Crippen MR) is 59.5 cm³/mol. The van der Waals surface area contributed by atoms with Gasteiger partial charge in [0.25, 0.3) is 0 Å². The highest BCUT2D eigenvalue weighted by molar-refractivity contribution is 7.80. The molecule has 0 spiro atoms. The lowest BCUT2D eigenvalue weighted by molar-refractivity contribution is -0.127. The van der Waals surface area contributed by atoms with E-state index in [0.717, 1.165) is 0 Å². The van der Waals surface area contributed by atoms with Crippen molar-refractivity contribution >= 4 is 36.0 Å². The van der Waals surface area contributed by atoms with E-state index in [1.807, 2.05) is 0 Å². The van der Waals surface area contributed by atoms with E-state index in [0.29, 0.717) is 5.03 Å². The fourth-order valence-corrected chi connectivity index (χ4v) is 1.07. The molecule has 0 heterocycles. The van der Waals surface area contributed by atoms with Crippen molar-refractivity contribution in [2.75, 3.05) is 12.3 Å². The van der Waals surface area contributed by atoms with E-state index in [-0.39, 0.29) is 24.1 Å². The zero-order chi connectivity index (χ0) is 11.1. The molecule has 0 bridgehead atoms. The quantitative estimate of drug-likeness (QED) is 0.601. The first-order valence-electron chi connectivity index (χ1n) is 3.96. The van der Waals surface area contributed by atoms with Crippen LogP contribution in [-0.4, -0.2) is 30.2 Å². The molecule has 1 atom stereocenters. The number of thiol groups is 1. The summed E-state index contributed by atoms with van der Waals surface area (Å²) in [6.45, 7) is 4.94. The standard InChI is InChI=1S/C8H13ClN2O2S/c1-5(9)3-10-8(13)7(4-14)11-6(2)12/h7,14H,1,3-4H2,2H3,(H,10,13)(H,11,12). The van der Waals surface area contributed by atoms with Gasteiger partial charge < -0.3 is 10.6 Å². The van der Waals surface area contributed by atoms with Gasteiger partial charge in [0.2, 0.25) is 11.8 Å². The van der Waals surface area contributed by atoms with Crippen LogP contribution in [0.1, 0.15) is 6.92 Å². The van der Waals surface area contributed by atoms with Crippen molar-refractivity contribution < 1.29 is 9.59 Å². The third-order valence-corrected chi connectivity index (χ3v) is 1.83. The van der Waals surface area contributed by atoms with Crippen molar-refractivity contribution in [1.29, 1.82) is 0 Å². The minimum Gasteiger partial charge on any atom is -0.349 e. The van der Waals surface area contributed by atoms with Gasteiger partial charge in [-0.25, -0.2) is 0 Å². The Morgan fingerprint density at radius 1 is 1.57 bits per heavy atom. The molecule has 0 radical (unpaired) electrons. The van der Waals surface area contributed by atoms with Crippen molar-refractivity contribution in [3.05, 3.63) is 11.6 Å². The zero-order valence-electron chi connectivity index (χ0n) is 7.84. The number of hydrogen-bond donors (Lipinski definition) is 3. The number of carbonyl (C=O) groups is 2. The minimum absolute atomic E-state index is 0.185. The Bertz CT molecular complexity index is 245. The Morgan fingerprint density at radius 2 is 2.14 bits per heavy atom. The summed E-state index contributed by atoms with van der Waals surface area (Å²) in [6.07, 6.45) is 0. The van der Waals surface area contributed by atoms with Crippen LogP contribution < -0.4 is 10.6 Å². The van der Waals surface area contributed by atoms with Crippen LogP contribution in [-0.2, 0) is 9.59 Å². The molecule has 0 aromatic carbocycles. The van der Waals surface area contributed by atoms with Gasteiger partial charge in [-0.15, -0.1) is 0 Å². The first-order valence-corrected chi connectivity index (χ1v) is 4.97. The lowest BCUT2D eigenvalue weighted by atomic mass is 10.3. The predicted octanol–water partition coefficient (Wildman–Crippen LogP) is 0.290. The van der Waals surface area contributed by atoms with Gasteiger partial charge in [-0.1, -0.05) is 18.2 Å². The maximum Gasteiger partial charge on any atom is 0.243 e. The second kappa shape index (κ2) is 6.73. The molecule has 0 fully saturated rings. The van der Waals surface area contributed by atoms with Crippen molar-refractivity contribution in [3.63, 3.8) is 0 Å². The van der Waals surface area contributed by atoms with E-state index in [2.05, 4.69) is 29.8 Å². The van der Waals surface area contributed by atoms with Crippen LogP contribution in [0.5, 0.6) is 0 Å². The average Bonchev–Trinajstić information content (AvgIpc) is 2.09. The number of halogens is 1. The molecule has 0 saturated heterocycles. The Morgan fingerprint density at radius 3 is 2.50 bits per heavy atom. The Labute approximate surface area is 93.5 Å². The molecule has 80 valence electrons. The van der Waals surface area contributed by atoms with Crippen LogP contribution in [0.15, 0.2) is 11.6 Å². The van der Waals surface area contributed by atoms with Crippen LogP contribution in [0.4, 0.5) is 0 Å². The van der Waals surface area contributed by atoms with Gasteiger partial charge in [-0.2, -0.15) is 12.6 Å². The number of nitrogens with one attached hydrogen (secondary N) is 2. The SMILES string of the molecule is C=C(Cl)CNC(=O)C(CS)NC(C)=O. The molecule has 2 N–H and O–H groups in total. The Kier molecular flexibility index (Phi) is 6.40. The lowest BCUT2D eigenvalue weighted by Crippen LogP contribution is -2.47. The molecule has 6 heteroatoms. The topological polar surface area (TPSA) is 58.2 Å². The van der Waals surface area contributed by atoms with Gasteiger partial charge in [0.1, 0.15) is 6.04 Å². The molecule has 0 aromatic rings. The smallest absolute Gasteiger partial charge is 0.243 e. The highest BCUT2D eigenvalue weighted by Crippen LogP contribution is 1.94. The first kappa shape index (κ1) is 13.3. The van der Waals surface area contributed by atoms with E-state index in [9.17, 15) is 9.59 Å². The summed E-state index contributed by atoms with van der Waals surface area (Å²) < 4.78 is 0. The molecule has 4 nitrogen and oxygen atoms in total. The summed E-state index contributed by atoms with van der Waals surface area (Å²) in [5.74, 6) is -0.360. The van der Waals surface area contributed by atoms with Crippen LogP contribution >= 0.6 is 24.2 Å². The second-order valence-corrected chi connectivity index (χ2v) is 3.57. The maximum atomic E-state index is 11.3. The van der Waals surface area contributed by atoms with E-state index in [1.165, 1.54) is 6.92 Å². The fraction of sp³-hybridized carbons (Fsp3) is 0.500. The van der Waals surface area contributed by atoms with E-state index < -0.39 is 6.04 Å². The van der Waals surface area contributed by atoms with Crippen LogP contribution in [0.3, 0.4) is 0 Å². The van der Waals surface area contributed by atoms with Crippen molar-refractivity contribution in [3.8, 4) is 0 Å². The van der Waals surface area contributed by atoms with E-state index >= 15 is 0 Å². The van der Waals surface area contributed by atoms with Crippen molar-refractivity contribution in [1.82, 2.24) is 10.6 Å². The van der Waals surface area contributed by atoms with Crippen molar-refractivity contribution in [2.24, 2.45) is 0 Å². The normalized spacial score (nSPS) is 11.6. The number of rotatable bonds is 5. The Balaban J connectivity index is 4.04. The summed E-state index contributed by atoms with van der Waals surface area (Å²) in [5.41, 5.74) is 0. The Hall–Kier alpha value is -0.680. The summed E-state index contributed by atoms with van der Waals surface area (Å²) in [4.78, 5) is 22.0. The van der Waals surface area contributed by atoms with E-state index in [1.54, 1.807) is 0 Å². The molecule has 14 heavy (non-hydrogen) atoms. The number of hydrogen-bond acceptors (Lipinski definition) is 3. The molecule has 0 aliphatic carbocycles. The average molecular weight is 237 g/mol. The summed E-state index contributed by atoms with van der Waals surface area (Å²) in [5, 5.41) is 5.29. The van der Waals surface area contributed by atoms with Gasteiger partial charge in [-0.05, 0) is 0 Å². The van der Waals surface area contributed by atoms with Crippen LogP contribution in [0, 0.1) is 0 Å². The molecule has 2 amide bonds. The molecule has 0 aromatic heterocycles. The summed E-state index contributed by atoms with van der Waals surface area (Å²) in [6, 6.07) is -0.633. The molecule has 0 saturated carbocycles. The molecule has 0 aliphatic rings. The van der Waals surface area contributed by atoms with Crippen molar-refractivity contribution in [2.45, 2.75) is 13.0 Å². The van der Waals surface area contributed by atoms with Crippen LogP contribution in [0.2, 0.25) is 0 Å². The third kappa shape index (κ3) is 5.88. The number of carbonyl (C=O) groups excluding carboxylic acids is 2. The lowest BCUT2D eigenvalue weighted by Gasteiger charge is -2.14. The van der Waals surface area contributed by atoms with Gasteiger partial charge in [-0.3, -0.25) is 9.59 Å². The van der Waals surface area contributed by atoms with Gasteiger partial charge >= 0.3 is 0 Å². The third-order valence-electron chi connectivity index (χ3n) is 1.33. The highest BCUT2D eigenvalue weighted by Gasteiger charge is 2.16. The highest BCUT2D eigenvalue weighted by atomic mass is 35.5. The largest absolute Gasteiger partial charge is 0.349 e. The fourth-order valence-electron chi connectivity index (χ4n) is 0.746. The molecular weight excluding hydrogens is 224 g/mol. The second-order valence-electron chi connectivity index (χ2n) is 2.67. The molecule has 0 rings (SSSR count). The monoisotopic (exact) mass is 236 g/mol.